The number of aliphatic hydroxyl groups excluding tert-OH is 1. The quantitative estimate of drug-likeness (QED) is 0.822. The van der Waals surface area contributed by atoms with Crippen molar-refractivity contribution in [2.45, 2.75) is 33.3 Å². The van der Waals surface area contributed by atoms with Crippen LogP contribution in [0.3, 0.4) is 0 Å². The van der Waals surface area contributed by atoms with E-state index in [4.69, 9.17) is 5.11 Å². The van der Waals surface area contributed by atoms with Crippen LogP contribution in [0.2, 0.25) is 0 Å². The molecule has 1 aromatic carbocycles. The first kappa shape index (κ1) is 12.7. The lowest BCUT2D eigenvalue weighted by Gasteiger charge is -2.19. The van der Waals surface area contributed by atoms with Gasteiger partial charge in [-0.25, -0.2) is 0 Å². The van der Waals surface area contributed by atoms with Crippen LogP contribution >= 0.6 is 0 Å². The minimum Gasteiger partial charge on any atom is -0.481 e. The number of carbonyl (C=O) groups is 1. The molecule has 1 atom stereocenters. The van der Waals surface area contributed by atoms with E-state index in [9.17, 15) is 9.90 Å². The van der Waals surface area contributed by atoms with Crippen LogP contribution < -0.4 is 0 Å². The van der Waals surface area contributed by atoms with Crippen LogP contribution in [0, 0.1) is 5.41 Å². The summed E-state index contributed by atoms with van der Waals surface area (Å²) in [4.78, 5) is 11.0. The Morgan fingerprint density at radius 2 is 1.81 bits per heavy atom. The predicted molar refractivity (Wildman–Crippen MR) is 62.2 cm³/mol. The summed E-state index contributed by atoms with van der Waals surface area (Å²) >= 11 is 0. The van der Waals surface area contributed by atoms with Crippen LogP contribution in [0.1, 0.15) is 38.0 Å². The highest BCUT2D eigenvalue weighted by Crippen LogP contribution is 2.23. The Morgan fingerprint density at radius 3 is 2.19 bits per heavy atom. The van der Waals surface area contributed by atoms with E-state index in [2.05, 4.69) is 0 Å². The molecule has 16 heavy (non-hydrogen) atoms. The van der Waals surface area contributed by atoms with Gasteiger partial charge in [-0.3, -0.25) is 4.79 Å². The van der Waals surface area contributed by atoms with Crippen LogP contribution in [0.5, 0.6) is 0 Å². The molecule has 0 amide bonds. The van der Waals surface area contributed by atoms with Crippen molar-refractivity contribution in [1.29, 1.82) is 0 Å². The smallest absolute Gasteiger partial charge is 0.309 e. The second kappa shape index (κ2) is 4.66. The van der Waals surface area contributed by atoms with E-state index < -0.39 is 17.5 Å². The number of hydrogen-bond acceptors (Lipinski definition) is 2. The molecule has 88 valence electrons. The van der Waals surface area contributed by atoms with Gasteiger partial charge in [0.15, 0.2) is 0 Å². The van der Waals surface area contributed by atoms with Gasteiger partial charge in [-0.1, -0.05) is 24.3 Å². The molecule has 0 saturated heterocycles. The van der Waals surface area contributed by atoms with E-state index in [1.54, 1.807) is 20.8 Å². The number of carboxylic acids is 1. The third kappa shape index (κ3) is 3.07. The van der Waals surface area contributed by atoms with Crippen molar-refractivity contribution in [2.24, 2.45) is 5.41 Å². The van der Waals surface area contributed by atoms with Crippen molar-refractivity contribution < 1.29 is 15.0 Å². The van der Waals surface area contributed by atoms with Crippen LogP contribution in [-0.4, -0.2) is 16.2 Å². The maximum absolute atomic E-state index is 11.0. The van der Waals surface area contributed by atoms with Crippen LogP contribution in [0.4, 0.5) is 0 Å². The van der Waals surface area contributed by atoms with Crippen molar-refractivity contribution in [3.8, 4) is 0 Å². The number of hydrogen-bond donors (Lipinski definition) is 2. The molecule has 0 aromatic heterocycles. The molecule has 0 aliphatic carbocycles. The second-order valence-corrected chi connectivity index (χ2v) is 4.78. The average Bonchev–Trinajstić information content (AvgIpc) is 2.17. The SMILES string of the molecule is CC(O)c1ccc(CC(C)(C)C(=O)O)cc1. The van der Waals surface area contributed by atoms with Crippen LogP contribution in [-0.2, 0) is 11.2 Å². The fourth-order valence-corrected chi connectivity index (χ4v) is 1.50. The molecule has 0 spiro atoms. The molecule has 1 aromatic rings. The number of aliphatic hydroxyl groups is 1. The van der Waals surface area contributed by atoms with Crippen molar-refractivity contribution in [3.63, 3.8) is 0 Å². The largest absolute Gasteiger partial charge is 0.481 e. The molecule has 0 fully saturated rings. The number of aliphatic carboxylic acids is 1. The monoisotopic (exact) mass is 222 g/mol. The van der Waals surface area contributed by atoms with Crippen molar-refractivity contribution in [2.75, 3.05) is 0 Å². The normalized spacial score (nSPS) is 13.5. The van der Waals surface area contributed by atoms with E-state index in [1.807, 2.05) is 24.3 Å². The summed E-state index contributed by atoms with van der Waals surface area (Å²) < 4.78 is 0. The molecule has 1 rings (SSSR count). The van der Waals surface area contributed by atoms with Gasteiger partial charge >= 0.3 is 5.97 Å². The number of rotatable bonds is 4. The van der Waals surface area contributed by atoms with Gasteiger partial charge in [-0.15, -0.1) is 0 Å². The van der Waals surface area contributed by atoms with Gasteiger partial charge in [0.25, 0.3) is 0 Å². The summed E-state index contributed by atoms with van der Waals surface area (Å²) in [5.74, 6) is -0.799. The molecule has 0 bridgehead atoms. The van der Waals surface area contributed by atoms with Crippen molar-refractivity contribution >= 4 is 5.97 Å². The minimum atomic E-state index is -0.799. The molecule has 3 heteroatoms. The van der Waals surface area contributed by atoms with Gasteiger partial charge in [0.2, 0.25) is 0 Å². The zero-order valence-electron chi connectivity index (χ0n) is 9.90. The third-order valence-electron chi connectivity index (χ3n) is 2.69. The molecule has 2 N–H and O–H groups in total. The van der Waals surface area contributed by atoms with Gasteiger partial charge in [-0.2, -0.15) is 0 Å². The summed E-state index contributed by atoms with van der Waals surface area (Å²) in [6.45, 7) is 5.12. The molecule has 0 saturated carbocycles. The summed E-state index contributed by atoms with van der Waals surface area (Å²) in [5.41, 5.74) is 1.06. The molecule has 0 aliphatic rings. The topological polar surface area (TPSA) is 57.5 Å². The van der Waals surface area contributed by atoms with Crippen molar-refractivity contribution in [1.82, 2.24) is 0 Å². The van der Waals surface area contributed by atoms with E-state index in [0.29, 0.717) is 6.42 Å². The summed E-state index contributed by atoms with van der Waals surface area (Å²) in [7, 11) is 0. The summed E-state index contributed by atoms with van der Waals surface area (Å²) in [6.07, 6.45) is 0.00382. The Bertz CT molecular complexity index is 363. The highest BCUT2D eigenvalue weighted by molar-refractivity contribution is 5.74. The first-order valence-corrected chi connectivity index (χ1v) is 5.33. The van der Waals surface area contributed by atoms with E-state index in [1.165, 1.54) is 0 Å². The summed E-state index contributed by atoms with van der Waals surface area (Å²) in [5, 5.41) is 18.3. The zero-order valence-corrected chi connectivity index (χ0v) is 9.90. The Morgan fingerprint density at radius 1 is 1.31 bits per heavy atom. The van der Waals surface area contributed by atoms with Gasteiger partial charge in [-0.05, 0) is 38.3 Å². The predicted octanol–water partition coefficient (Wildman–Crippen LogP) is 2.39. The lowest BCUT2D eigenvalue weighted by atomic mass is 9.85. The van der Waals surface area contributed by atoms with Crippen molar-refractivity contribution in [3.05, 3.63) is 35.4 Å². The maximum Gasteiger partial charge on any atom is 0.309 e. The minimum absolute atomic E-state index is 0.485. The molecule has 0 aliphatic heterocycles. The third-order valence-corrected chi connectivity index (χ3v) is 2.69. The Hall–Kier alpha value is -1.35. The number of carboxylic acid groups (broad SMARTS) is 1. The molecule has 3 nitrogen and oxygen atoms in total. The first-order valence-electron chi connectivity index (χ1n) is 5.33. The Kier molecular flexibility index (Phi) is 3.70. The Labute approximate surface area is 95.7 Å². The lowest BCUT2D eigenvalue weighted by Crippen LogP contribution is -2.26. The van der Waals surface area contributed by atoms with Crippen LogP contribution in [0.15, 0.2) is 24.3 Å². The fraction of sp³-hybridized carbons (Fsp3) is 0.462. The van der Waals surface area contributed by atoms with Gasteiger partial charge in [0.05, 0.1) is 11.5 Å². The van der Waals surface area contributed by atoms with E-state index >= 15 is 0 Å². The lowest BCUT2D eigenvalue weighted by molar-refractivity contribution is -0.146. The standard InChI is InChI=1S/C13H18O3/c1-9(14)11-6-4-10(5-7-11)8-13(2,3)12(15)16/h4-7,9,14H,8H2,1-3H3,(H,15,16). The van der Waals surface area contributed by atoms with E-state index in [-0.39, 0.29) is 0 Å². The second-order valence-electron chi connectivity index (χ2n) is 4.78. The molecular weight excluding hydrogens is 204 g/mol. The zero-order chi connectivity index (χ0) is 12.3. The molecule has 1 unspecified atom stereocenters. The number of benzene rings is 1. The van der Waals surface area contributed by atoms with E-state index in [0.717, 1.165) is 11.1 Å². The van der Waals surface area contributed by atoms with Gasteiger partial charge < -0.3 is 10.2 Å². The average molecular weight is 222 g/mol. The molecule has 0 radical (unpaired) electrons. The maximum atomic E-state index is 11.0. The first-order chi connectivity index (χ1) is 7.33. The van der Waals surface area contributed by atoms with Crippen LogP contribution in [0.25, 0.3) is 0 Å². The molecular formula is C13H18O3. The highest BCUT2D eigenvalue weighted by Gasteiger charge is 2.27. The highest BCUT2D eigenvalue weighted by atomic mass is 16.4. The van der Waals surface area contributed by atoms with Gasteiger partial charge in [0.1, 0.15) is 0 Å². The van der Waals surface area contributed by atoms with Gasteiger partial charge in [0, 0.05) is 0 Å². The molecule has 0 heterocycles. The summed E-state index contributed by atoms with van der Waals surface area (Å²) in [6, 6.07) is 7.40. The fourth-order valence-electron chi connectivity index (χ4n) is 1.50. The Balaban J connectivity index is 2.80.